The summed E-state index contributed by atoms with van der Waals surface area (Å²) in [5.41, 5.74) is 1.23. The number of hydrogen-bond donors (Lipinski definition) is 2. The third kappa shape index (κ3) is 3.28. The molecule has 1 unspecified atom stereocenters. The quantitative estimate of drug-likeness (QED) is 0.859. The van der Waals surface area contributed by atoms with E-state index < -0.39 is 10.0 Å². The minimum Gasteiger partial charge on any atom is -0.363 e. The van der Waals surface area contributed by atoms with E-state index in [1.165, 1.54) is 31.6 Å². The molecule has 1 heterocycles. The largest absolute Gasteiger partial charge is 0.363 e. The molecule has 3 rings (SSSR count). The average Bonchev–Trinajstić information content (AvgIpc) is 3.39. The molecule has 0 aliphatic heterocycles. The topological polar surface area (TPSA) is 71.1 Å². The lowest BCUT2D eigenvalue weighted by Crippen LogP contribution is -2.19. The van der Waals surface area contributed by atoms with Crippen LogP contribution in [0.5, 0.6) is 0 Å². The molecule has 1 aromatic carbocycles. The summed E-state index contributed by atoms with van der Waals surface area (Å²) in [5.74, 6) is 1.31. The van der Waals surface area contributed by atoms with Crippen molar-refractivity contribution in [2.75, 3.05) is 12.4 Å². The van der Waals surface area contributed by atoms with Gasteiger partial charge < -0.3 is 5.32 Å². The van der Waals surface area contributed by atoms with Gasteiger partial charge in [-0.2, -0.15) is 0 Å². The van der Waals surface area contributed by atoms with Gasteiger partial charge in [-0.05, 0) is 43.5 Å². The lowest BCUT2D eigenvalue weighted by atomic mass is 10.0. The van der Waals surface area contributed by atoms with E-state index in [1.807, 2.05) is 18.2 Å². The number of benzene rings is 1. The molecule has 1 fully saturated rings. The first-order chi connectivity index (χ1) is 10.6. The van der Waals surface area contributed by atoms with Crippen LogP contribution in [-0.2, 0) is 10.0 Å². The van der Waals surface area contributed by atoms with Gasteiger partial charge in [0, 0.05) is 6.20 Å². The maximum absolute atomic E-state index is 11.7. The molecule has 0 radical (unpaired) electrons. The summed E-state index contributed by atoms with van der Waals surface area (Å²) >= 11 is 0. The van der Waals surface area contributed by atoms with E-state index in [-0.39, 0.29) is 10.9 Å². The summed E-state index contributed by atoms with van der Waals surface area (Å²) in [6.45, 7) is 0. The van der Waals surface area contributed by atoms with Gasteiger partial charge in [0.25, 0.3) is 0 Å². The summed E-state index contributed by atoms with van der Waals surface area (Å²) in [6.07, 6.45) is 3.79. The van der Waals surface area contributed by atoms with Crippen molar-refractivity contribution in [3.63, 3.8) is 0 Å². The van der Waals surface area contributed by atoms with Crippen LogP contribution in [0.15, 0.2) is 53.6 Å². The molecule has 1 aromatic heterocycles. The van der Waals surface area contributed by atoms with E-state index in [1.54, 1.807) is 12.1 Å². The molecule has 0 bridgehead atoms. The van der Waals surface area contributed by atoms with Gasteiger partial charge in [0.2, 0.25) is 10.0 Å². The van der Waals surface area contributed by atoms with Gasteiger partial charge in [0.05, 0.1) is 6.04 Å². The van der Waals surface area contributed by atoms with E-state index >= 15 is 0 Å². The monoisotopic (exact) mass is 317 g/mol. The third-order valence-corrected chi connectivity index (χ3v) is 5.27. The lowest BCUT2D eigenvalue weighted by molar-refractivity contribution is 0.588. The fourth-order valence-electron chi connectivity index (χ4n) is 2.47. The number of hydrogen-bond acceptors (Lipinski definition) is 4. The van der Waals surface area contributed by atoms with Crippen molar-refractivity contribution in [1.29, 1.82) is 0 Å². The van der Waals surface area contributed by atoms with Crippen LogP contribution in [-0.4, -0.2) is 20.4 Å². The van der Waals surface area contributed by atoms with Crippen molar-refractivity contribution in [3.8, 4) is 0 Å². The second-order valence-electron chi connectivity index (χ2n) is 5.46. The van der Waals surface area contributed by atoms with Gasteiger partial charge in [-0.1, -0.05) is 30.3 Å². The van der Waals surface area contributed by atoms with Crippen LogP contribution in [0.2, 0.25) is 0 Å². The fraction of sp³-hybridized carbons (Fsp3) is 0.312. The van der Waals surface area contributed by atoms with Crippen LogP contribution in [0, 0.1) is 5.92 Å². The maximum Gasteiger partial charge on any atom is 0.241 e. The van der Waals surface area contributed by atoms with E-state index in [0.717, 1.165) is 0 Å². The van der Waals surface area contributed by atoms with Crippen LogP contribution >= 0.6 is 0 Å². The first-order valence-corrected chi connectivity index (χ1v) is 8.79. The number of sulfonamides is 1. The SMILES string of the molecule is CNS(=O)(=O)c1ccc(NC(c2ccccc2)C2CC2)nc1. The zero-order valence-electron chi connectivity index (χ0n) is 12.4. The Balaban J connectivity index is 1.79. The van der Waals surface area contributed by atoms with E-state index in [4.69, 9.17) is 0 Å². The Labute approximate surface area is 130 Å². The summed E-state index contributed by atoms with van der Waals surface area (Å²) in [7, 11) is -2.05. The molecule has 1 atom stereocenters. The van der Waals surface area contributed by atoms with Gasteiger partial charge in [0.15, 0.2) is 0 Å². The van der Waals surface area contributed by atoms with Crippen molar-refractivity contribution >= 4 is 15.8 Å². The van der Waals surface area contributed by atoms with Gasteiger partial charge in [0.1, 0.15) is 10.7 Å². The predicted molar refractivity (Wildman–Crippen MR) is 86.0 cm³/mol. The molecule has 22 heavy (non-hydrogen) atoms. The number of aromatic nitrogens is 1. The van der Waals surface area contributed by atoms with Crippen LogP contribution in [0.25, 0.3) is 0 Å². The summed E-state index contributed by atoms with van der Waals surface area (Å²) < 4.78 is 25.7. The van der Waals surface area contributed by atoms with Crippen molar-refractivity contribution in [2.45, 2.75) is 23.8 Å². The zero-order valence-corrected chi connectivity index (χ0v) is 13.2. The highest BCUT2D eigenvalue weighted by molar-refractivity contribution is 7.89. The van der Waals surface area contributed by atoms with Crippen molar-refractivity contribution in [1.82, 2.24) is 9.71 Å². The third-order valence-electron chi connectivity index (χ3n) is 3.87. The number of anilines is 1. The molecule has 0 amide bonds. The highest BCUT2D eigenvalue weighted by atomic mass is 32.2. The molecule has 1 aliphatic carbocycles. The van der Waals surface area contributed by atoms with E-state index in [9.17, 15) is 8.42 Å². The molecular formula is C16H19N3O2S. The van der Waals surface area contributed by atoms with Gasteiger partial charge in [-0.3, -0.25) is 0 Å². The van der Waals surface area contributed by atoms with Gasteiger partial charge in [-0.25, -0.2) is 18.1 Å². The van der Waals surface area contributed by atoms with Crippen LogP contribution < -0.4 is 10.0 Å². The van der Waals surface area contributed by atoms with Gasteiger partial charge >= 0.3 is 0 Å². The summed E-state index contributed by atoms with van der Waals surface area (Å²) in [5, 5.41) is 3.43. The molecule has 2 aromatic rings. The highest BCUT2D eigenvalue weighted by Gasteiger charge is 2.32. The van der Waals surface area contributed by atoms with Crippen LogP contribution in [0.1, 0.15) is 24.4 Å². The molecule has 6 heteroatoms. The molecule has 1 aliphatic rings. The van der Waals surface area contributed by atoms with Gasteiger partial charge in [-0.15, -0.1) is 0 Å². The minimum absolute atomic E-state index is 0.170. The Morgan fingerprint density at radius 2 is 1.86 bits per heavy atom. The Hall–Kier alpha value is -1.92. The van der Waals surface area contributed by atoms with Crippen molar-refractivity contribution in [2.24, 2.45) is 5.92 Å². The molecule has 2 N–H and O–H groups in total. The lowest BCUT2D eigenvalue weighted by Gasteiger charge is -2.19. The Morgan fingerprint density at radius 3 is 2.41 bits per heavy atom. The normalized spacial score (nSPS) is 16.2. The predicted octanol–water partition coefficient (Wildman–Crippen LogP) is 2.55. The first kappa shape index (κ1) is 15.0. The van der Waals surface area contributed by atoms with Crippen LogP contribution in [0.4, 0.5) is 5.82 Å². The Bertz CT molecular complexity index is 726. The fourth-order valence-corrected chi connectivity index (χ4v) is 3.14. The van der Waals surface area contributed by atoms with E-state index in [2.05, 4.69) is 27.2 Å². The second kappa shape index (κ2) is 6.06. The Morgan fingerprint density at radius 1 is 1.14 bits per heavy atom. The minimum atomic E-state index is -3.44. The van der Waals surface area contributed by atoms with E-state index in [0.29, 0.717) is 11.7 Å². The number of pyridine rings is 1. The zero-order chi connectivity index (χ0) is 15.6. The molecule has 5 nitrogen and oxygen atoms in total. The number of nitrogens with zero attached hydrogens (tertiary/aromatic N) is 1. The smallest absolute Gasteiger partial charge is 0.241 e. The molecule has 1 saturated carbocycles. The average molecular weight is 317 g/mol. The maximum atomic E-state index is 11.7. The van der Waals surface area contributed by atoms with Crippen molar-refractivity contribution in [3.05, 3.63) is 54.2 Å². The summed E-state index contributed by atoms with van der Waals surface area (Å²) in [4.78, 5) is 4.41. The summed E-state index contributed by atoms with van der Waals surface area (Å²) in [6, 6.07) is 13.8. The second-order valence-corrected chi connectivity index (χ2v) is 7.34. The highest BCUT2D eigenvalue weighted by Crippen LogP contribution is 2.42. The molecule has 0 saturated heterocycles. The van der Waals surface area contributed by atoms with Crippen LogP contribution in [0.3, 0.4) is 0 Å². The Kier molecular flexibility index (Phi) is 4.13. The first-order valence-electron chi connectivity index (χ1n) is 7.31. The van der Waals surface area contributed by atoms with Crippen molar-refractivity contribution < 1.29 is 8.42 Å². The molecular weight excluding hydrogens is 298 g/mol. The standard InChI is InChI=1S/C16H19N3O2S/c1-17-22(20,21)14-9-10-15(18-11-14)19-16(13-7-8-13)12-5-3-2-4-6-12/h2-6,9-11,13,16-17H,7-8H2,1H3,(H,18,19). The number of nitrogens with one attached hydrogen (secondary N) is 2. The molecule has 0 spiro atoms. The number of rotatable bonds is 6. The molecule has 116 valence electrons.